The number of nitrogens with one attached hydrogen (secondary N) is 1. The fourth-order valence-corrected chi connectivity index (χ4v) is 3.58. The van der Waals surface area contributed by atoms with Crippen LogP contribution in [0.3, 0.4) is 0 Å². The number of carboxylic acid groups (broad SMARTS) is 1. The van der Waals surface area contributed by atoms with E-state index in [2.05, 4.69) is 31.3 Å². The highest BCUT2D eigenvalue weighted by Crippen LogP contribution is 2.44. The quantitative estimate of drug-likeness (QED) is 0.636. The van der Waals surface area contributed by atoms with Crippen LogP contribution in [-0.2, 0) is 10.2 Å². The minimum absolute atomic E-state index is 0.202. The molecule has 0 aromatic heterocycles. The molecule has 0 bridgehead atoms. The van der Waals surface area contributed by atoms with Crippen molar-refractivity contribution in [2.45, 2.75) is 51.5 Å². The SMILES string of the molecule is C/C(=C\C(=NC(C)C)c1ccccc1)Nc1ccc(C2(C(=O)O)CCC2)cc1. The summed E-state index contributed by atoms with van der Waals surface area (Å²) in [6.45, 7) is 6.14. The summed E-state index contributed by atoms with van der Waals surface area (Å²) in [5, 5.41) is 13.0. The van der Waals surface area contributed by atoms with Gasteiger partial charge in [-0.2, -0.15) is 0 Å². The molecule has 2 aromatic carbocycles. The minimum Gasteiger partial charge on any atom is -0.481 e. The molecule has 28 heavy (non-hydrogen) atoms. The predicted molar refractivity (Wildman–Crippen MR) is 115 cm³/mol. The van der Waals surface area contributed by atoms with E-state index in [9.17, 15) is 9.90 Å². The average molecular weight is 377 g/mol. The van der Waals surface area contributed by atoms with Crippen LogP contribution in [0.5, 0.6) is 0 Å². The maximum Gasteiger partial charge on any atom is 0.314 e. The van der Waals surface area contributed by atoms with Gasteiger partial charge in [0.2, 0.25) is 0 Å². The molecule has 146 valence electrons. The fourth-order valence-electron chi connectivity index (χ4n) is 3.58. The molecule has 0 amide bonds. The van der Waals surface area contributed by atoms with Crippen molar-refractivity contribution in [3.63, 3.8) is 0 Å². The number of hydrogen-bond acceptors (Lipinski definition) is 3. The lowest BCUT2D eigenvalue weighted by atomic mass is 9.64. The monoisotopic (exact) mass is 376 g/mol. The van der Waals surface area contributed by atoms with Crippen molar-refractivity contribution in [2.75, 3.05) is 5.32 Å². The summed E-state index contributed by atoms with van der Waals surface area (Å²) in [6, 6.07) is 18.1. The normalized spacial score (nSPS) is 16.6. The zero-order chi connectivity index (χ0) is 20.1. The maximum absolute atomic E-state index is 11.7. The van der Waals surface area contributed by atoms with E-state index in [-0.39, 0.29) is 6.04 Å². The van der Waals surface area contributed by atoms with E-state index in [0.717, 1.165) is 47.5 Å². The Morgan fingerprint density at radius 3 is 2.25 bits per heavy atom. The highest BCUT2D eigenvalue weighted by molar-refractivity contribution is 6.09. The van der Waals surface area contributed by atoms with Crippen LogP contribution in [0.2, 0.25) is 0 Å². The summed E-state index contributed by atoms with van der Waals surface area (Å²) < 4.78 is 0. The smallest absolute Gasteiger partial charge is 0.314 e. The van der Waals surface area contributed by atoms with Crippen molar-refractivity contribution in [1.29, 1.82) is 0 Å². The number of rotatable bonds is 7. The van der Waals surface area contributed by atoms with Gasteiger partial charge in [0.15, 0.2) is 0 Å². The molecular formula is C24H28N2O2. The summed E-state index contributed by atoms with van der Waals surface area (Å²) in [5.41, 5.74) is 4.15. The zero-order valence-corrected chi connectivity index (χ0v) is 16.8. The van der Waals surface area contributed by atoms with Crippen LogP contribution in [-0.4, -0.2) is 22.8 Å². The van der Waals surface area contributed by atoms with Crippen LogP contribution in [0.25, 0.3) is 0 Å². The lowest BCUT2D eigenvalue weighted by Crippen LogP contribution is -2.42. The van der Waals surface area contributed by atoms with Gasteiger partial charge in [0.1, 0.15) is 0 Å². The maximum atomic E-state index is 11.7. The van der Waals surface area contributed by atoms with Gasteiger partial charge in [-0.05, 0) is 62.9 Å². The molecule has 0 spiro atoms. The van der Waals surface area contributed by atoms with Crippen LogP contribution < -0.4 is 5.32 Å². The summed E-state index contributed by atoms with van der Waals surface area (Å²) in [4.78, 5) is 16.4. The lowest BCUT2D eigenvalue weighted by molar-refractivity contribution is -0.147. The molecule has 4 nitrogen and oxygen atoms in total. The largest absolute Gasteiger partial charge is 0.481 e. The highest BCUT2D eigenvalue weighted by atomic mass is 16.4. The van der Waals surface area contributed by atoms with Gasteiger partial charge in [-0.25, -0.2) is 0 Å². The van der Waals surface area contributed by atoms with Crippen LogP contribution in [0.15, 0.2) is 71.4 Å². The molecule has 3 rings (SSSR count). The summed E-state index contributed by atoms with van der Waals surface area (Å²) in [5.74, 6) is -0.715. The Kier molecular flexibility index (Phi) is 5.98. The number of aliphatic carboxylic acids is 1. The van der Waals surface area contributed by atoms with Crippen molar-refractivity contribution in [2.24, 2.45) is 4.99 Å². The van der Waals surface area contributed by atoms with E-state index < -0.39 is 11.4 Å². The van der Waals surface area contributed by atoms with Gasteiger partial charge in [-0.3, -0.25) is 9.79 Å². The number of benzene rings is 2. The van der Waals surface area contributed by atoms with Crippen LogP contribution in [0.4, 0.5) is 5.69 Å². The summed E-state index contributed by atoms with van der Waals surface area (Å²) in [7, 11) is 0. The molecule has 0 heterocycles. The molecule has 1 aliphatic carbocycles. The molecule has 0 aliphatic heterocycles. The first-order valence-electron chi connectivity index (χ1n) is 9.83. The second-order valence-corrected chi connectivity index (χ2v) is 7.74. The van der Waals surface area contributed by atoms with E-state index in [0.29, 0.717) is 0 Å². The van der Waals surface area contributed by atoms with Gasteiger partial charge in [-0.1, -0.05) is 48.9 Å². The van der Waals surface area contributed by atoms with E-state index in [4.69, 9.17) is 4.99 Å². The van der Waals surface area contributed by atoms with Crippen LogP contribution in [0.1, 0.15) is 51.2 Å². The van der Waals surface area contributed by atoms with E-state index in [1.54, 1.807) is 0 Å². The van der Waals surface area contributed by atoms with E-state index in [1.807, 2.05) is 55.5 Å². The van der Waals surface area contributed by atoms with Crippen molar-refractivity contribution >= 4 is 17.4 Å². The Balaban J connectivity index is 1.78. The molecule has 4 heteroatoms. The first-order chi connectivity index (χ1) is 13.4. The molecule has 2 N–H and O–H groups in total. The number of nitrogens with zero attached hydrogens (tertiary/aromatic N) is 1. The van der Waals surface area contributed by atoms with Crippen molar-refractivity contribution in [3.8, 4) is 0 Å². The second-order valence-electron chi connectivity index (χ2n) is 7.74. The number of carbonyl (C=O) groups is 1. The highest BCUT2D eigenvalue weighted by Gasteiger charge is 2.45. The van der Waals surface area contributed by atoms with Gasteiger partial charge in [0, 0.05) is 17.4 Å². The molecule has 0 atom stereocenters. The third kappa shape index (κ3) is 4.33. The number of allylic oxidation sites excluding steroid dienone is 2. The molecule has 1 fully saturated rings. The van der Waals surface area contributed by atoms with Crippen LogP contribution >= 0.6 is 0 Å². The summed E-state index contributed by atoms with van der Waals surface area (Å²) >= 11 is 0. The Labute approximate surface area is 167 Å². The Bertz CT molecular complexity index is 877. The van der Waals surface area contributed by atoms with Gasteiger partial charge >= 0.3 is 5.97 Å². The molecule has 1 aliphatic rings. The number of carboxylic acids is 1. The first kappa shape index (κ1) is 19.9. The Hall–Kier alpha value is -2.88. The molecule has 0 saturated heterocycles. The number of hydrogen-bond donors (Lipinski definition) is 2. The van der Waals surface area contributed by atoms with Crippen molar-refractivity contribution in [1.82, 2.24) is 0 Å². The molecular weight excluding hydrogens is 348 g/mol. The zero-order valence-electron chi connectivity index (χ0n) is 16.8. The van der Waals surface area contributed by atoms with Gasteiger partial charge in [0.05, 0.1) is 11.1 Å². The van der Waals surface area contributed by atoms with Crippen molar-refractivity contribution in [3.05, 3.63) is 77.5 Å². The third-order valence-electron chi connectivity index (χ3n) is 5.22. The molecule has 2 aromatic rings. The topological polar surface area (TPSA) is 61.7 Å². The second kappa shape index (κ2) is 8.42. The van der Waals surface area contributed by atoms with Gasteiger partial charge in [-0.15, -0.1) is 0 Å². The third-order valence-corrected chi connectivity index (χ3v) is 5.22. The number of aliphatic imine (C=N–C) groups is 1. The molecule has 1 saturated carbocycles. The van der Waals surface area contributed by atoms with Gasteiger partial charge < -0.3 is 10.4 Å². The Morgan fingerprint density at radius 2 is 1.75 bits per heavy atom. The van der Waals surface area contributed by atoms with Crippen LogP contribution in [0, 0.1) is 0 Å². The standard InChI is InChI=1S/C24H28N2O2/c1-17(2)25-22(19-8-5-4-6-9-19)16-18(3)26-21-12-10-20(11-13-21)24(23(27)28)14-7-15-24/h4-6,8-13,16-17,26H,7,14-15H2,1-3H3,(H,27,28)/b18-16+,25-22?. The Morgan fingerprint density at radius 1 is 1.11 bits per heavy atom. The van der Waals surface area contributed by atoms with E-state index in [1.165, 1.54) is 0 Å². The van der Waals surface area contributed by atoms with Crippen molar-refractivity contribution < 1.29 is 9.90 Å². The molecule has 0 unspecified atom stereocenters. The van der Waals surface area contributed by atoms with E-state index >= 15 is 0 Å². The minimum atomic E-state index is -0.715. The summed E-state index contributed by atoms with van der Waals surface area (Å²) in [6.07, 6.45) is 4.47. The fraction of sp³-hybridized carbons (Fsp3) is 0.333. The lowest BCUT2D eigenvalue weighted by Gasteiger charge is -2.38. The number of anilines is 1. The van der Waals surface area contributed by atoms with Gasteiger partial charge in [0.25, 0.3) is 0 Å². The molecule has 0 radical (unpaired) electrons. The first-order valence-corrected chi connectivity index (χ1v) is 9.83. The predicted octanol–water partition coefficient (Wildman–Crippen LogP) is 5.41. The average Bonchev–Trinajstić information content (AvgIpc) is 2.61.